The van der Waals surface area contributed by atoms with Crippen LogP contribution in [0.1, 0.15) is 26.2 Å². The van der Waals surface area contributed by atoms with Crippen LogP contribution in [-0.4, -0.2) is 50.1 Å². The molecule has 0 aromatic carbocycles. The molecule has 1 amide bonds. The molecule has 1 saturated carbocycles. The van der Waals surface area contributed by atoms with E-state index in [0.29, 0.717) is 5.54 Å². The van der Waals surface area contributed by atoms with Crippen molar-refractivity contribution >= 4 is 5.91 Å². The highest BCUT2D eigenvalue weighted by atomic mass is 16.1. The molecule has 0 saturated heterocycles. The van der Waals surface area contributed by atoms with Gasteiger partial charge in [-0.3, -0.25) is 4.79 Å². The molecule has 1 aliphatic carbocycles. The fourth-order valence-electron chi connectivity index (χ4n) is 2.01. The molecule has 1 rings (SSSR count). The van der Waals surface area contributed by atoms with Gasteiger partial charge in [-0.05, 0) is 33.4 Å². The van der Waals surface area contributed by atoms with E-state index in [0.717, 1.165) is 19.6 Å². The maximum Gasteiger partial charge on any atom is 0.216 e. The molecule has 4 nitrogen and oxygen atoms in total. The van der Waals surface area contributed by atoms with Crippen molar-refractivity contribution in [2.75, 3.05) is 33.7 Å². The summed E-state index contributed by atoms with van der Waals surface area (Å²) < 4.78 is 0. The summed E-state index contributed by atoms with van der Waals surface area (Å²) in [5, 5.41) is 6.19. The summed E-state index contributed by atoms with van der Waals surface area (Å²) in [6.45, 7) is 4.15. The van der Waals surface area contributed by atoms with Crippen molar-refractivity contribution in [2.24, 2.45) is 0 Å². The number of hydrogen-bond acceptors (Lipinski definition) is 3. The lowest BCUT2D eigenvalue weighted by molar-refractivity contribution is -0.118. The third-order valence-electron chi connectivity index (χ3n) is 3.36. The monoisotopic (exact) mass is 213 g/mol. The van der Waals surface area contributed by atoms with Gasteiger partial charge < -0.3 is 15.5 Å². The summed E-state index contributed by atoms with van der Waals surface area (Å²) in [4.78, 5) is 13.0. The minimum absolute atomic E-state index is 0.0442. The molecule has 0 unspecified atom stereocenters. The number of nitrogens with one attached hydrogen (secondary N) is 2. The zero-order chi connectivity index (χ0) is 11.3. The van der Waals surface area contributed by atoms with Gasteiger partial charge in [-0.25, -0.2) is 0 Å². The van der Waals surface area contributed by atoms with Crippen LogP contribution in [-0.2, 0) is 4.79 Å². The largest absolute Gasteiger partial charge is 0.355 e. The lowest BCUT2D eigenvalue weighted by Gasteiger charge is -2.47. The van der Waals surface area contributed by atoms with E-state index < -0.39 is 0 Å². The smallest absolute Gasteiger partial charge is 0.216 e. The van der Waals surface area contributed by atoms with E-state index >= 15 is 0 Å². The molecule has 4 heteroatoms. The summed E-state index contributed by atoms with van der Waals surface area (Å²) >= 11 is 0. The highest BCUT2D eigenvalue weighted by molar-refractivity contribution is 5.72. The quantitative estimate of drug-likeness (QED) is 0.619. The van der Waals surface area contributed by atoms with Gasteiger partial charge in [0, 0.05) is 32.1 Å². The Morgan fingerprint density at radius 2 is 2.00 bits per heavy atom. The van der Waals surface area contributed by atoms with E-state index in [2.05, 4.69) is 29.6 Å². The SMILES string of the molecule is CC(=O)NCCNCC1(N(C)C)CCC1. The number of likely N-dealkylation sites (N-methyl/N-ethyl adjacent to an activating group) is 1. The van der Waals surface area contributed by atoms with Crippen molar-refractivity contribution in [1.82, 2.24) is 15.5 Å². The van der Waals surface area contributed by atoms with Gasteiger partial charge in [0.2, 0.25) is 5.91 Å². The van der Waals surface area contributed by atoms with Gasteiger partial charge in [0.15, 0.2) is 0 Å². The molecule has 0 heterocycles. The molecular weight excluding hydrogens is 190 g/mol. The second-order valence-corrected chi connectivity index (χ2v) is 4.63. The standard InChI is InChI=1S/C11H23N3O/c1-10(15)13-8-7-12-9-11(14(2)3)5-4-6-11/h12H,4-9H2,1-3H3,(H,13,15). The Hall–Kier alpha value is -0.610. The summed E-state index contributed by atoms with van der Waals surface area (Å²) in [6.07, 6.45) is 3.91. The summed E-state index contributed by atoms with van der Waals surface area (Å²) in [7, 11) is 4.29. The van der Waals surface area contributed by atoms with Gasteiger partial charge in [-0.15, -0.1) is 0 Å². The number of amides is 1. The van der Waals surface area contributed by atoms with Crippen LogP contribution >= 0.6 is 0 Å². The van der Waals surface area contributed by atoms with Gasteiger partial charge in [-0.1, -0.05) is 0 Å². The average molecular weight is 213 g/mol. The summed E-state index contributed by atoms with van der Waals surface area (Å²) in [5.74, 6) is 0.0442. The lowest BCUT2D eigenvalue weighted by Crippen LogP contribution is -2.56. The van der Waals surface area contributed by atoms with Crippen molar-refractivity contribution < 1.29 is 4.79 Å². The van der Waals surface area contributed by atoms with Crippen LogP contribution in [0.5, 0.6) is 0 Å². The molecule has 0 aromatic rings. The lowest BCUT2D eigenvalue weighted by atomic mass is 9.75. The number of carbonyl (C=O) groups is 1. The Balaban J connectivity index is 2.10. The topological polar surface area (TPSA) is 44.4 Å². The first kappa shape index (κ1) is 12.5. The molecule has 0 spiro atoms. The van der Waals surface area contributed by atoms with E-state index in [9.17, 15) is 4.79 Å². The van der Waals surface area contributed by atoms with Crippen molar-refractivity contribution in [2.45, 2.75) is 31.7 Å². The van der Waals surface area contributed by atoms with Crippen molar-refractivity contribution in [1.29, 1.82) is 0 Å². The maximum absolute atomic E-state index is 10.6. The average Bonchev–Trinajstić information content (AvgIpc) is 2.06. The van der Waals surface area contributed by atoms with Crippen LogP contribution in [0.25, 0.3) is 0 Å². The molecule has 0 aliphatic heterocycles. The fraction of sp³-hybridized carbons (Fsp3) is 0.909. The summed E-state index contributed by atoms with van der Waals surface area (Å²) in [5.41, 5.74) is 0.371. The second kappa shape index (κ2) is 5.47. The van der Waals surface area contributed by atoms with Crippen molar-refractivity contribution in [3.8, 4) is 0 Å². The van der Waals surface area contributed by atoms with Crippen molar-refractivity contribution in [3.05, 3.63) is 0 Å². The molecule has 15 heavy (non-hydrogen) atoms. The molecule has 1 fully saturated rings. The van der Waals surface area contributed by atoms with Gasteiger partial charge in [0.05, 0.1) is 0 Å². The predicted molar refractivity (Wildman–Crippen MR) is 61.8 cm³/mol. The fourth-order valence-corrected chi connectivity index (χ4v) is 2.01. The zero-order valence-corrected chi connectivity index (χ0v) is 10.1. The Labute approximate surface area is 92.4 Å². The molecule has 0 radical (unpaired) electrons. The third-order valence-corrected chi connectivity index (χ3v) is 3.36. The van der Waals surface area contributed by atoms with Crippen LogP contribution in [0.3, 0.4) is 0 Å². The molecule has 2 N–H and O–H groups in total. The number of carbonyl (C=O) groups excluding carboxylic acids is 1. The van der Waals surface area contributed by atoms with Crippen LogP contribution in [0.4, 0.5) is 0 Å². The predicted octanol–water partition coefficient (Wildman–Crippen LogP) is 0.196. The van der Waals surface area contributed by atoms with Crippen molar-refractivity contribution in [3.63, 3.8) is 0 Å². The Bertz CT molecular complexity index is 212. The zero-order valence-electron chi connectivity index (χ0n) is 10.1. The minimum atomic E-state index is 0.0442. The van der Waals surface area contributed by atoms with E-state index in [1.54, 1.807) is 6.92 Å². The van der Waals surface area contributed by atoms with Gasteiger partial charge in [-0.2, -0.15) is 0 Å². The Kier molecular flexibility index (Phi) is 4.54. The first-order valence-electron chi connectivity index (χ1n) is 5.69. The normalized spacial score (nSPS) is 18.7. The van der Waals surface area contributed by atoms with Crippen LogP contribution in [0.2, 0.25) is 0 Å². The van der Waals surface area contributed by atoms with E-state index in [1.165, 1.54) is 19.3 Å². The van der Waals surface area contributed by atoms with Crippen LogP contribution in [0, 0.1) is 0 Å². The molecule has 0 bridgehead atoms. The maximum atomic E-state index is 10.6. The van der Waals surface area contributed by atoms with E-state index in [4.69, 9.17) is 0 Å². The molecular formula is C11H23N3O. The first-order chi connectivity index (χ1) is 7.07. The molecule has 1 aliphatic rings. The number of nitrogens with zero attached hydrogens (tertiary/aromatic N) is 1. The molecule has 0 atom stereocenters. The Morgan fingerprint density at radius 1 is 1.33 bits per heavy atom. The van der Waals surface area contributed by atoms with E-state index in [1.807, 2.05) is 0 Å². The molecule has 0 aromatic heterocycles. The highest BCUT2D eigenvalue weighted by Gasteiger charge is 2.38. The highest BCUT2D eigenvalue weighted by Crippen LogP contribution is 2.35. The first-order valence-corrected chi connectivity index (χ1v) is 5.69. The molecule has 88 valence electrons. The minimum Gasteiger partial charge on any atom is -0.355 e. The van der Waals surface area contributed by atoms with Gasteiger partial charge in [0.1, 0.15) is 0 Å². The van der Waals surface area contributed by atoms with Crippen LogP contribution < -0.4 is 10.6 Å². The second-order valence-electron chi connectivity index (χ2n) is 4.63. The number of hydrogen-bond donors (Lipinski definition) is 2. The van der Waals surface area contributed by atoms with Gasteiger partial charge >= 0.3 is 0 Å². The summed E-state index contributed by atoms with van der Waals surface area (Å²) in [6, 6.07) is 0. The third kappa shape index (κ3) is 3.47. The van der Waals surface area contributed by atoms with E-state index in [-0.39, 0.29) is 5.91 Å². The number of rotatable bonds is 6. The Morgan fingerprint density at radius 3 is 2.40 bits per heavy atom. The van der Waals surface area contributed by atoms with Crippen LogP contribution in [0.15, 0.2) is 0 Å². The van der Waals surface area contributed by atoms with Gasteiger partial charge in [0.25, 0.3) is 0 Å².